The summed E-state index contributed by atoms with van der Waals surface area (Å²) < 4.78 is 33.6. The zero-order valence-corrected chi connectivity index (χ0v) is 15.2. The molecule has 2 rings (SSSR count). The molecule has 0 atom stereocenters. The second-order valence-corrected chi connectivity index (χ2v) is 8.29. The Hall–Kier alpha value is -1.93. The Bertz CT molecular complexity index is 722. The quantitative estimate of drug-likeness (QED) is 0.694. The first-order valence-corrected chi connectivity index (χ1v) is 9.68. The molecule has 138 valence electrons. The van der Waals surface area contributed by atoms with Gasteiger partial charge in [0.2, 0.25) is 0 Å². The predicted octanol–water partition coefficient (Wildman–Crippen LogP) is 1.32. The van der Waals surface area contributed by atoms with Gasteiger partial charge in [0.25, 0.3) is 5.91 Å². The van der Waals surface area contributed by atoms with Gasteiger partial charge in [-0.05, 0) is 43.5 Å². The van der Waals surface area contributed by atoms with Crippen LogP contribution in [0.2, 0.25) is 0 Å². The number of sulfone groups is 1. The van der Waals surface area contributed by atoms with Crippen molar-refractivity contribution >= 4 is 21.7 Å². The molecule has 0 aromatic heterocycles. The fraction of sp³-hybridized carbons (Fsp3) is 0.529. The van der Waals surface area contributed by atoms with Crippen LogP contribution < -0.4 is 5.32 Å². The first kappa shape index (κ1) is 19.4. The number of benzene rings is 1. The van der Waals surface area contributed by atoms with E-state index in [1.807, 2.05) is 0 Å². The molecule has 0 heterocycles. The standard InChI is InChI=1S/C17H23NO6S/c1-23-10-11-25(21,22)14-6-4-13(5-7-14)16(20)18-17(8-3-9-17)12-15(19)24-2/h4-7H,3,8-12H2,1-2H3,(H,18,20). The lowest BCUT2D eigenvalue weighted by Gasteiger charge is -2.41. The van der Waals surface area contributed by atoms with Crippen LogP contribution in [0.4, 0.5) is 0 Å². The van der Waals surface area contributed by atoms with E-state index in [0.29, 0.717) is 5.56 Å². The predicted molar refractivity (Wildman–Crippen MR) is 91.1 cm³/mol. The number of esters is 1. The lowest BCUT2D eigenvalue weighted by atomic mass is 9.74. The van der Waals surface area contributed by atoms with Crippen LogP contribution in [-0.2, 0) is 24.1 Å². The van der Waals surface area contributed by atoms with Gasteiger partial charge in [0, 0.05) is 12.7 Å². The smallest absolute Gasteiger partial charge is 0.307 e. The van der Waals surface area contributed by atoms with E-state index in [0.717, 1.165) is 19.3 Å². The minimum atomic E-state index is -3.43. The maximum atomic E-state index is 12.4. The Morgan fingerprint density at radius 2 is 1.80 bits per heavy atom. The molecule has 1 N–H and O–H groups in total. The molecule has 0 bridgehead atoms. The Morgan fingerprint density at radius 1 is 1.16 bits per heavy atom. The molecule has 1 aromatic carbocycles. The van der Waals surface area contributed by atoms with Crippen LogP contribution in [0.25, 0.3) is 0 Å². The number of amides is 1. The summed E-state index contributed by atoms with van der Waals surface area (Å²) in [4.78, 5) is 24.1. The van der Waals surface area contributed by atoms with Crippen LogP contribution in [0.1, 0.15) is 36.0 Å². The van der Waals surface area contributed by atoms with Gasteiger partial charge >= 0.3 is 5.97 Å². The molecule has 1 aliphatic rings. The Morgan fingerprint density at radius 3 is 2.28 bits per heavy atom. The van der Waals surface area contributed by atoms with E-state index in [-0.39, 0.29) is 35.6 Å². The van der Waals surface area contributed by atoms with E-state index in [4.69, 9.17) is 4.74 Å². The van der Waals surface area contributed by atoms with Gasteiger partial charge < -0.3 is 14.8 Å². The van der Waals surface area contributed by atoms with Gasteiger partial charge in [-0.1, -0.05) is 0 Å². The highest BCUT2D eigenvalue weighted by Gasteiger charge is 2.40. The number of hydrogen-bond donors (Lipinski definition) is 1. The third-order valence-corrected chi connectivity index (χ3v) is 6.13. The van der Waals surface area contributed by atoms with E-state index in [1.165, 1.54) is 38.5 Å². The maximum Gasteiger partial charge on any atom is 0.307 e. The summed E-state index contributed by atoms with van der Waals surface area (Å²) in [6.45, 7) is 0.112. The third-order valence-electron chi connectivity index (χ3n) is 4.43. The number of ether oxygens (including phenoxy) is 2. The summed E-state index contributed by atoms with van der Waals surface area (Å²) >= 11 is 0. The highest BCUT2D eigenvalue weighted by molar-refractivity contribution is 7.91. The summed E-state index contributed by atoms with van der Waals surface area (Å²) in [7, 11) is -0.674. The molecular weight excluding hydrogens is 346 g/mol. The van der Waals surface area contributed by atoms with Gasteiger partial charge in [-0.25, -0.2) is 8.42 Å². The number of methoxy groups -OCH3 is 2. The number of rotatable bonds is 8. The molecule has 0 spiro atoms. The highest BCUT2D eigenvalue weighted by atomic mass is 32.2. The van der Waals surface area contributed by atoms with Crippen molar-refractivity contribution < 1.29 is 27.5 Å². The number of hydrogen-bond acceptors (Lipinski definition) is 6. The minimum Gasteiger partial charge on any atom is -0.469 e. The van der Waals surface area contributed by atoms with Gasteiger partial charge in [0.15, 0.2) is 9.84 Å². The molecule has 0 unspecified atom stereocenters. The zero-order chi connectivity index (χ0) is 18.5. The van der Waals surface area contributed by atoms with Crippen molar-refractivity contribution in [2.75, 3.05) is 26.6 Å². The average Bonchev–Trinajstić information content (AvgIpc) is 2.57. The number of carbonyl (C=O) groups is 2. The third kappa shape index (κ3) is 4.79. The van der Waals surface area contributed by atoms with E-state index >= 15 is 0 Å². The zero-order valence-electron chi connectivity index (χ0n) is 14.4. The van der Waals surface area contributed by atoms with E-state index in [2.05, 4.69) is 10.1 Å². The molecule has 0 saturated heterocycles. The van der Waals surface area contributed by atoms with Gasteiger partial charge in [0.1, 0.15) is 0 Å². The van der Waals surface area contributed by atoms with E-state index < -0.39 is 15.4 Å². The lowest BCUT2D eigenvalue weighted by molar-refractivity contribution is -0.143. The van der Waals surface area contributed by atoms with E-state index in [1.54, 1.807) is 0 Å². The molecule has 1 fully saturated rings. The average molecular weight is 369 g/mol. The number of nitrogens with one attached hydrogen (secondary N) is 1. The molecule has 25 heavy (non-hydrogen) atoms. The van der Waals surface area contributed by atoms with Gasteiger partial charge in [0.05, 0.1) is 36.3 Å². The van der Waals surface area contributed by atoms with Crippen molar-refractivity contribution in [3.63, 3.8) is 0 Å². The fourth-order valence-electron chi connectivity index (χ4n) is 2.74. The number of carbonyl (C=O) groups excluding carboxylic acids is 2. The normalized spacial score (nSPS) is 15.9. The van der Waals surface area contributed by atoms with Crippen LogP contribution in [-0.4, -0.2) is 52.4 Å². The summed E-state index contributed by atoms with van der Waals surface area (Å²) in [5.74, 6) is -0.805. The van der Waals surface area contributed by atoms with Crippen LogP contribution in [0.3, 0.4) is 0 Å². The molecule has 0 radical (unpaired) electrons. The Balaban J connectivity index is 2.06. The second-order valence-electron chi connectivity index (χ2n) is 6.18. The molecule has 1 saturated carbocycles. The van der Waals surface area contributed by atoms with E-state index in [9.17, 15) is 18.0 Å². The molecule has 0 aliphatic heterocycles. The molecule has 1 aromatic rings. The molecule has 1 amide bonds. The fourth-order valence-corrected chi connectivity index (χ4v) is 3.91. The van der Waals surface area contributed by atoms with Crippen LogP contribution in [0, 0.1) is 0 Å². The van der Waals surface area contributed by atoms with Crippen molar-refractivity contribution in [2.24, 2.45) is 0 Å². The molecular formula is C17H23NO6S. The van der Waals surface area contributed by atoms with Crippen LogP contribution >= 0.6 is 0 Å². The van der Waals surface area contributed by atoms with Gasteiger partial charge in [-0.3, -0.25) is 9.59 Å². The molecule has 8 heteroatoms. The van der Waals surface area contributed by atoms with Crippen molar-refractivity contribution in [1.82, 2.24) is 5.32 Å². The first-order chi connectivity index (χ1) is 11.8. The minimum absolute atomic E-state index is 0.112. The van der Waals surface area contributed by atoms with Crippen LogP contribution in [0.15, 0.2) is 29.2 Å². The summed E-state index contributed by atoms with van der Waals surface area (Å²) in [6.07, 6.45) is 2.52. The van der Waals surface area contributed by atoms with Gasteiger partial charge in [-0.2, -0.15) is 0 Å². The summed E-state index contributed by atoms with van der Waals surface area (Å²) in [6, 6.07) is 5.76. The largest absolute Gasteiger partial charge is 0.469 e. The van der Waals surface area contributed by atoms with Crippen molar-refractivity contribution in [3.05, 3.63) is 29.8 Å². The SMILES string of the molecule is COCCS(=O)(=O)c1ccc(C(=O)NC2(CC(=O)OC)CCC2)cc1. The summed E-state index contributed by atoms with van der Waals surface area (Å²) in [5, 5.41) is 2.89. The highest BCUT2D eigenvalue weighted by Crippen LogP contribution is 2.35. The monoisotopic (exact) mass is 369 g/mol. The van der Waals surface area contributed by atoms with Crippen molar-refractivity contribution in [1.29, 1.82) is 0 Å². The topological polar surface area (TPSA) is 98.8 Å². The first-order valence-electron chi connectivity index (χ1n) is 8.03. The lowest BCUT2D eigenvalue weighted by Crippen LogP contribution is -2.54. The Kier molecular flexibility index (Phi) is 6.18. The molecule has 7 nitrogen and oxygen atoms in total. The molecule has 1 aliphatic carbocycles. The van der Waals surface area contributed by atoms with Crippen molar-refractivity contribution in [3.8, 4) is 0 Å². The maximum absolute atomic E-state index is 12.4. The second kappa shape index (κ2) is 7.97. The summed E-state index contributed by atoms with van der Waals surface area (Å²) in [5.41, 5.74) is -0.213. The van der Waals surface area contributed by atoms with Gasteiger partial charge in [-0.15, -0.1) is 0 Å². The Labute approximate surface area is 147 Å². The van der Waals surface area contributed by atoms with Crippen molar-refractivity contribution in [2.45, 2.75) is 36.1 Å². The van der Waals surface area contributed by atoms with Crippen LogP contribution in [0.5, 0.6) is 0 Å².